The van der Waals surface area contributed by atoms with Gasteiger partial charge in [0.15, 0.2) is 5.78 Å². The van der Waals surface area contributed by atoms with Crippen molar-refractivity contribution in [3.63, 3.8) is 0 Å². The molecule has 98 valence electrons. The van der Waals surface area contributed by atoms with Gasteiger partial charge in [0.25, 0.3) is 0 Å². The lowest BCUT2D eigenvalue weighted by molar-refractivity contribution is 0.0993. The Morgan fingerprint density at radius 3 is 2.78 bits per heavy atom. The molecule has 1 N–H and O–H groups in total. The van der Waals surface area contributed by atoms with Gasteiger partial charge in [-0.25, -0.2) is 0 Å². The first-order chi connectivity index (χ1) is 8.72. The van der Waals surface area contributed by atoms with E-state index in [2.05, 4.69) is 27.3 Å². The van der Waals surface area contributed by atoms with Gasteiger partial charge in [0.1, 0.15) is 0 Å². The van der Waals surface area contributed by atoms with Gasteiger partial charge in [-0.2, -0.15) is 11.8 Å². The predicted octanol–water partition coefficient (Wildman–Crippen LogP) is 3.46. The number of likely N-dealkylation sites (N-methyl/N-ethyl adjacent to an activating group) is 1. The first-order valence-electron chi connectivity index (χ1n) is 6.27. The fourth-order valence-electron chi connectivity index (χ4n) is 2.30. The summed E-state index contributed by atoms with van der Waals surface area (Å²) in [6.45, 7) is 0.395. The number of benzene rings is 1. The Kier molecular flexibility index (Phi) is 5.27. The van der Waals surface area contributed by atoms with Crippen LogP contribution in [0.15, 0.2) is 22.7 Å². The molecule has 0 amide bonds. The van der Waals surface area contributed by atoms with E-state index in [-0.39, 0.29) is 5.78 Å². The SMILES string of the molecule is CNCC(=O)c1ccc(C2CCSCC2)c(Br)c1. The van der Waals surface area contributed by atoms with Crippen LogP contribution in [0.1, 0.15) is 34.7 Å². The van der Waals surface area contributed by atoms with Crippen molar-refractivity contribution in [2.24, 2.45) is 0 Å². The lowest BCUT2D eigenvalue weighted by Gasteiger charge is -2.23. The van der Waals surface area contributed by atoms with Crippen molar-refractivity contribution in [2.75, 3.05) is 25.1 Å². The highest BCUT2D eigenvalue weighted by molar-refractivity contribution is 9.10. The van der Waals surface area contributed by atoms with E-state index in [1.165, 1.54) is 29.9 Å². The molecule has 4 heteroatoms. The van der Waals surface area contributed by atoms with E-state index in [9.17, 15) is 4.79 Å². The minimum absolute atomic E-state index is 0.143. The number of ketones is 1. The minimum atomic E-state index is 0.143. The Morgan fingerprint density at radius 2 is 2.17 bits per heavy atom. The maximum Gasteiger partial charge on any atom is 0.176 e. The van der Waals surface area contributed by atoms with E-state index in [4.69, 9.17) is 0 Å². The quantitative estimate of drug-likeness (QED) is 0.858. The Balaban J connectivity index is 2.16. The number of thioether (sulfide) groups is 1. The van der Waals surface area contributed by atoms with Crippen LogP contribution in [0.3, 0.4) is 0 Å². The summed E-state index contributed by atoms with van der Waals surface area (Å²) in [6.07, 6.45) is 2.49. The summed E-state index contributed by atoms with van der Waals surface area (Å²) in [4.78, 5) is 11.8. The van der Waals surface area contributed by atoms with Gasteiger partial charge in [-0.3, -0.25) is 4.79 Å². The van der Waals surface area contributed by atoms with Crippen LogP contribution in [0.2, 0.25) is 0 Å². The molecule has 1 heterocycles. The topological polar surface area (TPSA) is 29.1 Å². The van der Waals surface area contributed by atoms with Gasteiger partial charge in [-0.1, -0.05) is 28.1 Å². The van der Waals surface area contributed by atoms with Gasteiger partial charge >= 0.3 is 0 Å². The third-order valence-corrected chi connectivity index (χ3v) is 5.06. The van der Waals surface area contributed by atoms with Crippen molar-refractivity contribution in [3.05, 3.63) is 33.8 Å². The van der Waals surface area contributed by atoms with Gasteiger partial charge in [-0.05, 0) is 48.9 Å². The fraction of sp³-hybridized carbons (Fsp3) is 0.500. The number of hydrogen-bond donors (Lipinski definition) is 1. The summed E-state index contributed by atoms with van der Waals surface area (Å²) in [6, 6.07) is 6.05. The normalized spacial score (nSPS) is 16.8. The second-order valence-corrected chi connectivity index (χ2v) is 6.66. The zero-order valence-corrected chi connectivity index (χ0v) is 12.9. The van der Waals surface area contributed by atoms with Crippen LogP contribution >= 0.6 is 27.7 Å². The number of carbonyl (C=O) groups excluding carboxylic acids is 1. The number of nitrogens with one attached hydrogen (secondary N) is 1. The third-order valence-electron chi connectivity index (χ3n) is 3.32. The Labute approximate surface area is 121 Å². The third kappa shape index (κ3) is 3.37. The first kappa shape index (κ1) is 14.1. The van der Waals surface area contributed by atoms with Gasteiger partial charge in [0, 0.05) is 10.0 Å². The molecule has 1 aromatic carbocycles. The number of Topliss-reactive ketones (excluding diaryl/α,β-unsaturated/α-hetero) is 1. The summed E-state index contributed by atoms with van der Waals surface area (Å²) in [5, 5.41) is 2.90. The van der Waals surface area contributed by atoms with Crippen LogP contribution in [0.5, 0.6) is 0 Å². The molecule has 0 saturated carbocycles. The van der Waals surface area contributed by atoms with Crippen molar-refractivity contribution < 1.29 is 4.79 Å². The van der Waals surface area contributed by atoms with Crippen molar-refractivity contribution in [1.29, 1.82) is 0 Å². The number of rotatable bonds is 4. The molecule has 0 aromatic heterocycles. The summed E-state index contributed by atoms with van der Waals surface area (Å²) in [7, 11) is 1.79. The van der Waals surface area contributed by atoms with Crippen molar-refractivity contribution in [2.45, 2.75) is 18.8 Å². The van der Waals surface area contributed by atoms with Gasteiger partial charge < -0.3 is 5.32 Å². The molecule has 0 radical (unpaired) electrons. The Bertz CT molecular complexity index is 430. The summed E-state index contributed by atoms with van der Waals surface area (Å²) < 4.78 is 1.08. The van der Waals surface area contributed by atoms with Crippen LogP contribution in [0.25, 0.3) is 0 Å². The molecule has 18 heavy (non-hydrogen) atoms. The molecule has 1 aliphatic rings. The molecule has 2 rings (SSSR count). The maximum absolute atomic E-state index is 11.8. The van der Waals surface area contributed by atoms with Crippen LogP contribution in [-0.4, -0.2) is 30.9 Å². The van der Waals surface area contributed by atoms with E-state index in [0.29, 0.717) is 12.5 Å². The zero-order chi connectivity index (χ0) is 13.0. The standard InChI is InChI=1S/C14H18BrNOS/c1-16-9-14(17)11-2-3-12(13(15)8-11)10-4-6-18-7-5-10/h2-3,8,10,16H,4-7,9H2,1H3. The molecule has 0 atom stereocenters. The van der Waals surface area contributed by atoms with E-state index in [1.54, 1.807) is 7.05 Å². The van der Waals surface area contributed by atoms with Gasteiger partial charge in [0.2, 0.25) is 0 Å². The van der Waals surface area contributed by atoms with Gasteiger partial charge in [0.05, 0.1) is 6.54 Å². The molecule has 0 spiro atoms. The van der Waals surface area contributed by atoms with E-state index in [1.807, 2.05) is 23.9 Å². The van der Waals surface area contributed by atoms with E-state index >= 15 is 0 Å². The molecular weight excluding hydrogens is 310 g/mol. The number of carbonyl (C=O) groups is 1. The molecule has 1 fully saturated rings. The first-order valence-corrected chi connectivity index (χ1v) is 8.22. The molecule has 1 aromatic rings. The zero-order valence-electron chi connectivity index (χ0n) is 10.5. The second kappa shape index (κ2) is 6.73. The van der Waals surface area contributed by atoms with Crippen molar-refractivity contribution in [1.82, 2.24) is 5.32 Å². The summed E-state index contributed by atoms with van der Waals surface area (Å²) in [5.41, 5.74) is 2.14. The molecule has 0 unspecified atom stereocenters. The van der Waals surface area contributed by atoms with Crippen LogP contribution in [-0.2, 0) is 0 Å². The smallest absolute Gasteiger partial charge is 0.176 e. The predicted molar refractivity (Wildman–Crippen MR) is 81.7 cm³/mol. The Hall–Kier alpha value is -0.320. The highest BCUT2D eigenvalue weighted by atomic mass is 79.9. The summed E-state index contributed by atoms with van der Waals surface area (Å²) >= 11 is 5.66. The summed E-state index contributed by atoms with van der Waals surface area (Å²) in [5.74, 6) is 3.28. The van der Waals surface area contributed by atoms with E-state index in [0.717, 1.165) is 10.0 Å². The maximum atomic E-state index is 11.8. The monoisotopic (exact) mass is 327 g/mol. The molecule has 2 nitrogen and oxygen atoms in total. The molecule has 0 bridgehead atoms. The van der Waals surface area contributed by atoms with Crippen LogP contribution in [0.4, 0.5) is 0 Å². The van der Waals surface area contributed by atoms with Crippen LogP contribution < -0.4 is 5.32 Å². The minimum Gasteiger partial charge on any atom is -0.313 e. The van der Waals surface area contributed by atoms with Crippen molar-refractivity contribution in [3.8, 4) is 0 Å². The van der Waals surface area contributed by atoms with Crippen LogP contribution in [0, 0.1) is 0 Å². The fourth-order valence-corrected chi connectivity index (χ4v) is 4.11. The average Bonchev–Trinajstić information content (AvgIpc) is 2.40. The highest BCUT2D eigenvalue weighted by Crippen LogP contribution is 2.35. The second-order valence-electron chi connectivity index (χ2n) is 4.58. The number of halogens is 1. The average molecular weight is 328 g/mol. The van der Waals surface area contributed by atoms with Gasteiger partial charge in [-0.15, -0.1) is 0 Å². The molecule has 0 aliphatic carbocycles. The molecule has 1 aliphatic heterocycles. The van der Waals surface area contributed by atoms with E-state index < -0.39 is 0 Å². The lowest BCUT2D eigenvalue weighted by Crippen LogP contribution is -2.18. The van der Waals surface area contributed by atoms with Crippen molar-refractivity contribution >= 4 is 33.5 Å². The molecular formula is C14H18BrNOS. The lowest BCUT2D eigenvalue weighted by atomic mass is 9.92. The number of hydrogen-bond acceptors (Lipinski definition) is 3. The highest BCUT2D eigenvalue weighted by Gasteiger charge is 2.18. The largest absolute Gasteiger partial charge is 0.313 e. The molecule has 1 saturated heterocycles. The Morgan fingerprint density at radius 1 is 1.44 bits per heavy atom.